The molecule has 0 aliphatic rings. The molecule has 5 aromatic rings. The van der Waals surface area contributed by atoms with Gasteiger partial charge in [0.1, 0.15) is 0 Å². The Kier molecular flexibility index (Phi) is 12.8. The van der Waals surface area contributed by atoms with Crippen LogP contribution in [-0.2, 0) is 10.1 Å². The maximum atomic E-state index is 10.7. The number of hydrogen-bond donors (Lipinski definition) is 1. The normalized spacial score (nSPS) is 10.9. The lowest BCUT2D eigenvalue weighted by Gasteiger charge is -2.09. The molecule has 0 spiro atoms. The van der Waals surface area contributed by atoms with E-state index in [1.165, 1.54) is 0 Å². The second-order valence-corrected chi connectivity index (χ2v) is 13.5. The van der Waals surface area contributed by atoms with E-state index in [9.17, 15) is 13.2 Å². The third kappa shape index (κ3) is 10.9. The highest BCUT2D eigenvalue weighted by molar-refractivity contribution is 9.11. The third-order valence-electron chi connectivity index (χ3n) is 5.13. The van der Waals surface area contributed by atoms with Gasteiger partial charge in [0, 0.05) is 34.6 Å². The zero-order valence-corrected chi connectivity index (χ0v) is 29.0. The van der Waals surface area contributed by atoms with Crippen molar-refractivity contribution >= 4 is 73.8 Å². The van der Waals surface area contributed by atoms with Gasteiger partial charge >= 0.3 is 15.6 Å². The molecule has 1 aromatic heterocycles. The number of rotatable bonds is 3. The summed E-state index contributed by atoms with van der Waals surface area (Å²) in [6, 6.07) is 33.2. The van der Waals surface area contributed by atoms with Crippen molar-refractivity contribution in [2.24, 2.45) is 0 Å². The van der Waals surface area contributed by atoms with Gasteiger partial charge in [-0.3, -0.25) is 4.55 Å². The predicted molar refractivity (Wildman–Crippen MR) is 176 cm³/mol. The summed E-state index contributed by atoms with van der Waals surface area (Å²) in [5.74, 6) is 1.91. The molecule has 0 aliphatic carbocycles. The summed E-state index contributed by atoms with van der Waals surface area (Å²) < 4.78 is 61.4. The molecule has 1 N–H and O–H groups in total. The van der Waals surface area contributed by atoms with Gasteiger partial charge in [0.25, 0.3) is 0 Å². The van der Waals surface area contributed by atoms with Crippen LogP contribution in [0.25, 0.3) is 34.2 Å². The van der Waals surface area contributed by atoms with Crippen LogP contribution < -0.4 is 0 Å². The maximum absolute atomic E-state index is 10.7. The quantitative estimate of drug-likeness (QED) is 0.142. The van der Waals surface area contributed by atoms with Gasteiger partial charge in [-0.2, -0.15) is 26.9 Å². The minimum absolute atomic E-state index is 0.635. The molecule has 0 aliphatic heterocycles. The highest BCUT2D eigenvalue weighted by Gasteiger charge is 2.44. The second-order valence-electron chi connectivity index (χ2n) is 8.38. The molecule has 0 amide bonds. The van der Waals surface area contributed by atoms with Crippen LogP contribution in [0.4, 0.5) is 13.2 Å². The lowest BCUT2D eigenvalue weighted by molar-refractivity contribution is -0.0510. The van der Waals surface area contributed by atoms with Crippen molar-refractivity contribution in [3.05, 3.63) is 121 Å². The smallest absolute Gasteiger partial charge is 0.279 e. The highest BCUT2D eigenvalue weighted by Crippen LogP contribution is 2.28. The molecule has 15 heteroatoms. The maximum Gasteiger partial charge on any atom is 0.522 e. The van der Waals surface area contributed by atoms with Gasteiger partial charge in [-0.1, -0.05) is 106 Å². The topological polar surface area (TPSA) is 117 Å². The van der Waals surface area contributed by atoms with Crippen LogP contribution in [0.1, 0.15) is 5.56 Å². The Labute approximate surface area is 284 Å². The second kappa shape index (κ2) is 15.8. The molecule has 0 saturated heterocycles. The Morgan fingerprint density at radius 3 is 1.14 bits per heavy atom. The van der Waals surface area contributed by atoms with Crippen LogP contribution in [-0.4, -0.2) is 33.4 Å². The Hall–Kier alpha value is -3.00. The minimum atomic E-state index is -5.84. The largest absolute Gasteiger partial charge is 0.522 e. The zero-order chi connectivity index (χ0) is 32.5. The lowest BCUT2D eigenvalue weighted by atomic mass is 10.1. The highest BCUT2D eigenvalue weighted by atomic mass is 79.9. The van der Waals surface area contributed by atoms with E-state index in [4.69, 9.17) is 33.2 Å². The number of aromatic nitrogens is 3. The molecule has 1 heterocycles. The van der Waals surface area contributed by atoms with Crippen LogP contribution in [0.5, 0.6) is 0 Å². The van der Waals surface area contributed by atoms with E-state index in [0.717, 1.165) is 34.6 Å². The van der Waals surface area contributed by atoms with Gasteiger partial charge in [0.2, 0.25) is 0 Å². The number of benzene rings is 4. The molecule has 0 atom stereocenters. The number of nitrogens with zero attached hydrogens (tertiary/aromatic N) is 4. The molecule has 4 aromatic carbocycles. The first kappa shape index (κ1) is 35.5. The number of halogens is 7. The lowest BCUT2D eigenvalue weighted by Crippen LogP contribution is -2.21. The third-order valence-corrected chi connectivity index (χ3v) is 7.69. The van der Waals surface area contributed by atoms with E-state index in [0.29, 0.717) is 23.0 Å². The van der Waals surface area contributed by atoms with Crippen LogP contribution in [0.2, 0.25) is 0 Å². The fourth-order valence-electron chi connectivity index (χ4n) is 3.20. The van der Waals surface area contributed by atoms with Crippen molar-refractivity contribution < 1.29 is 26.1 Å². The molecule has 44 heavy (non-hydrogen) atoms. The zero-order valence-electron chi connectivity index (χ0n) is 21.8. The van der Waals surface area contributed by atoms with Gasteiger partial charge < -0.3 is 0 Å². The minimum Gasteiger partial charge on any atom is -0.279 e. The van der Waals surface area contributed by atoms with E-state index < -0.39 is 15.6 Å². The SMILES string of the molecule is Brc1cccc(-c2nc(-c3cccc(Br)c3)nc(-c3cccc(Br)c3)n2)c1.N#Cc1cccc(Br)c1.O=S(=O)(O)C(F)(F)F. The van der Waals surface area contributed by atoms with Crippen molar-refractivity contribution in [1.82, 2.24) is 15.0 Å². The molecule has 0 unspecified atom stereocenters. The standard InChI is InChI=1S/C21H12Br3N3.C7H4BrN.CHF3O3S/c22-16-7-1-4-13(10-16)19-25-20(14-5-2-8-17(23)11-14)27-21(26-19)15-6-3-9-18(24)12-15;8-7-3-1-2-6(4-7)5-9;2-1(3,4)8(5,6)7/h1-12H;1-4H;(H,5,6,7). The molecule has 0 bridgehead atoms. The van der Waals surface area contributed by atoms with E-state index >= 15 is 0 Å². The molecule has 0 radical (unpaired) electrons. The first-order valence-corrected chi connectivity index (χ1v) is 16.5. The van der Waals surface area contributed by atoms with Crippen molar-refractivity contribution in [3.8, 4) is 40.2 Å². The van der Waals surface area contributed by atoms with Crippen LogP contribution >= 0.6 is 63.7 Å². The first-order chi connectivity index (χ1) is 20.7. The molecular formula is C29H17Br4F3N4O3S. The molecule has 0 fully saturated rings. The summed E-state index contributed by atoms with van der Waals surface area (Å²) in [7, 11) is -5.84. The van der Waals surface area contributed by atoms with E-state index in [2.05, 4.69) is 63.7 Å². The Balaban J connectivity index is 0.000000255. The van der Waals surface area contributed by atoms with Gasteiger partial charge in [-0.25, -0.2) is 15.0 Å². The summed E-state index contributed by atoms with van der Waals surface area (Å²) in [5, 5.41) is 8.39. The summed E-state index contributed by atoms with van der Waals surface area (Å²) >= 11 is 13.8. The summed E-state index contributed by atoms with van der Waals surface area (Å²) in [6.07, 6.45) is 0. The predicted octanol–water partition coefficient (Wildman–Crippen LogP) is 9.87. The Bertz CT molecular complexity index is 1770. The Morgan fingerprint density at radius 2 is 0.909 bits per heavy atom. The molecule has 226 valence electrons. The number of hydrogen-bond acceptors (Lipinski definition) is 6. The van der Waals surface area contributed by atoms with Gasteiger partial charge in [0.05, 0.1) is 11.6 Å². The van der Waals surface area contributed by atoms with Crippen molar-refractivity contribution in [2.45, 2.75) is 5.51 Å². The summed E-state index contributed by atoms with van der Waals surface area (Å²) in [6.45, 7) is 0. The fourth-order valence-corrected chi connectivity index (χ4v) is 4.80. The fraction of sp³-hybridized carbons (Fsp3) is 0.0345. The van der Waals surface area contributed by atoms with Gasteiger partial charge in [-0.15, -0.1) is 0 Å². The summed E-state index contributed by atoms with van der Waals surface area (Å²) in [4.78, 5) is 14.2. The van der Waals surface area contributed by atoms with Crippen molar-refractivity contribution in [3.63, 3.8) is 0 Å². The van der Waals surface area contributed by atoms with E-state index in [-0.39, 0.29) is 0 Å². The molecule has 7 nitrogen and oxygen atoms in total. The monoisotopic (exact) mass is 874 g/mol. The average molecular weight is 878 g/mol. The van der Waals surface area contributed by atoms with Crippen LogP contribution in [0, 0.1) is 11.3 Å². The average Bonchev–Trinajstić information content (AvgIpc) is 2.96. The van der Waals surface area contributed by atoms with Crippen molar-refractivity contribution in [1.29, 1.82) is 5.26 Å². The van der Waals surface area contributed by atoms with Crippen LogP contribution in [0.15, 0.2) is 115 Å². The number of alkyl halides is 3. The van der Waals surface area contributed by atoms with E-state index in [1.54, 1.807) is 12.1 Å². The van der Waals surface area contributed by atoms with E-state index in [1.807, 2.05) is 91.0 Å². The van der Waals surface area contributed by atoms with Crippen LogP contribution in [0.3, 0.4) is 0 Å². The Morgan fingerprint density at radius 1 is 0.614 bits per heavy atom. The van der Waals surface area contributed by atoms with Gasteiger partial charge in [-0.05, 0) is 54.6 Å². The summed E-state index contributed by atoms with van der Waals surface area (Å²) in [5.41, 5.74) is -2.06. The number of nitriles is 1. The molecule has 0 saturated carbocycles. The molecule has 5 rings (SSSR count). The van der Waals surface area contributed by atoms with Crippen molar-refractivity contribution in [2.75, 3.05) is 0 Å². The first-order valence-electron chi connectivity index (χ1n) is 11.9. The molecular weight excluding hydrogens is 861 g/mol. The van der Waals surface area contributed by atoms with Gasteiger partial charge in [0.15, 0.2) is 17.5 Å².